The largest absolute Gasteiger partial charge is 0.484 e. The van der Waals surface area contributed by atoms with Crippen LogP contribution in [0.3, 0.4) is 0 Å². The van der Waals surface area contributed by atoms with Crippen molar-refractivity contribution < 1.29 is 18.3 Å². The summed E-state index contributed by atoms with van der Waals surface area (Å²) in [4.78, 5) is 12.3. The molecule has 27 heavy (non-hydrogen) atoms. The summed E-state index contributed by atoms with van der Waals surface area (Å²) in [6.07, 6.45) is 0. The Morgan fingerprint density at radius 1 is 1.26 bits per heavy atom. The van der Waals surface area contributed by atoms with Gasteiger partial charge < -0.3 is 14.5 Å². The Bertz CT molecular complexity index is 1030. The minimum absolute atomic E-state index is 0.0597. The van der Waals surface area contributed by atoms with E-state index in [1.54, 1.807) is 13.0 Å². The summed E-state index contributed by atoms with van der Waals surface area (Å²) in [7, 11) is 0. The molecule has 0 aliphatic heterocycles. The van der Waals surface area contributed by atoms with Gasteiger partial charge in [-0.05, 0) is 55.4 Å². The molecule has 0 unspecified atom stereocenters. The second kappa shape index (κ2) is 8.13. The second-order valence-electron chi connectivity index (χ2n) is 5.98. The molecule has 3 rings (SSSR count). The van der Waals surface area contributed by atoms with E-state index in [0.717, 1.165) is 11.1 Å². The third kappa shape index (κ3) is 4.79. The highest BCUT2D eigenvalue weighted by molar-refractivity contribution is 7.71. The van der Waals surface area contributed by atoms with Crippen LogP contribution in [0.2, 0.25) is 0 Å². The van der Waals surface area contributed by atoms with E-state index in [0.29, 0.717) is 11.4 Å². The third-order valence-electron chi connectivity index (χ3n) is 3.86. The van der Waals surface area contributed by atoms with Gasteiger partial charge in [0.15, 0.2) is 6.61 Å². The number of carbonyl (C=O) groups is 1. The molecule has 1 heterocycles. The summed E-state index contributed by atoms with van der Waals surface area (Å²) < 4.78 is 25.6. The normalized spacial score (nSPS) is 10.6. The molecule has 0 spiro atoms. The lowest BCUT2D eigenvalue weighted by molar-refractivity contribution is -0.117. The van der Waals surface area contributed by atoms with E-state index in [9.17, 15) is 9.18 Å². The molecule has 0 aliphatic rings. The Labute approximate surface area is 160 Å². The van der Waals surface area contributed by atoms with Crippen molar-refractivity contribution in [2.45, 2.75) is 27.0 Å². The smallest absolute Gasteiger partial charge is 0.287 e. The number of nitrogens with zero attached hydrogens (tertiary/aromatic N) is 2. The van der Waals surface area contributed by atoms with Gasteiger partial charge in [0.1, 0.15) is 18.1 Å². The van der Waals surface area contributed by atoms with Crippen LogP contribution in [0.15, 0.2) is 46.9 Å². The molecular weight excluding hydrogens is 369 g/mol. The van der Waals surface area contributed by atoms with Crippen molar-refractivity contribution in [3.05, 3.63) is 70.1 Å². The van der Waals surface area contributed by atoms with Crippen molar-refractivity contribution in [2.75, 3.05) is 5.32 Å². The SMILES string of the molecule is Cc1ccc(F)cc1NC(=O)Cn1nc(COc2ccccc2C)oc1=S. The van der Waals surface area contributed by atoms with Gasteiger partial charge in [0.25, 0.3) is 10.7 Å². The molecule has 6 nitrogen and oxygen atoms in total. The minimum Gasteiger partial charge on any atom is -0.484 e. The molecule has 1 N–H and O–H groups in total. The van der Waals surface area contributed by atoms with E-state index < -0.39 is 5.82 Å². The maximum Gasteiger partial charge on any atom is 0.287 e. The fraction of sp³-hybridized carbons (Fsp3) is 0.211. The summed E-state index contributed by atoms with van der Waals surface area (Å²) >= 11 is 5.10. The minimum atomic E-state index is -0.426. The summed E-state index contributed by atoms with van der Waals surface area (Å²) in [5.74, 6) is 0.162. The van der Waals surface area contributed by atoms with Gasteiger partial charge in [-0.3, -0.25) is 4.79 Å². The lowest BCUT2D eigenvalue weighted by atomic mass is 10.2. The third-order valence-corrected chi connectivity index (χ3v) is 4.15. The van der Waals surface area contributed by atoms with Crippen molar-refractivity contribution >= 4 is 23.8 Å². The van der Waals surface area contributed by atoms with Crippen LogP contribution in [-0.2, 0) is 17.9 Å². The van der Waals surface area contributed by atoms with Crippen molar-refractivity contribution in [1.82, 2.24) is 9.78 Å². The first-order valence-corrected chi connectivity index (χ1v) is 8.64. The van der Waals surface area contributed by atoms with Gasteiger partial charge >= 0.3 is 0 Å². The van der Waals surface area contributed by atoms with E-state index in [1.807, 2.05) is 31.2 Å². The maximum absolute atomic E-state index is 13.3. The van der Waals surface area contributed by atoms with Crippen molar-refractivity contribution in [1.29, 1.82) is 0 Å². The van der Waals surface area contributed by atoms with E-state index in [1.165, 1.54) is 16.8 Å². The number of amides is 1. The van der Waals surface area contributed by atoms with Crippen LogP contribution in [-0.4, -0.2) is 15.7 Å². The predicted octanol–water partition coefficient (Wildman–Crippen LogP) is 4.18. The monoisotopic (exact) mass is 387 g/mol. The van der Waals surface area contributed by atoms with Crippen molar-refractivity contribution in [3.8, 4) is 5.75 Å². The van der Waals surface area contributed by atoms with Gasteiger partial charge in [-0.1, -0.05) is 24.3 Å². The molecule has 0 radical (unpaired) electrons. The lowest BCUT2D eigenvalue weighted by Gasteiger charge is -2.08. The molecule has 1 aromatic heterocycles. The Kier molecular flexibility index (Phi) is 5.66. The second-order valence-corrected chi connectivity index (χ2v) is 6.33. The van der Waals surface area contributed by atoms with E-state index in [4.69, 9.17) is 21.4 Å². The fourth-order valence-electron chi connectivity index (χ4n) is 2.42. The Morgan fingerprint density at radius 3 is 2.81 bits per heavy atom. The van der Waals surface area contributed by atoms with Crippen LogP contribution >= 0.6 is 12.2 Å². The first-order valence-electron chi connectivity index (χ1n) is 8.23. The number of nitrogens with one attached hydrogen (secondary N) is 1. The van der Waals surface area contributed by atoms with Crippen LogP contribution in [0.1, 0.15) is 17.0 Å². The van der Waals surface area contributed by atoms with Crippen LogP contribution in [0, 0.1) is 24.5 Å². The summed E-state index contributed by atoms with van der Waals surface area (Å²) in [5.41, 5.74) is 2.14. The molecule has 0 bridgehead atoms. The van der Waals surface area contributed by atoms with Crippen LogP contribution in [0.4, 0.5) is 10.1 Å². The highest BCUT2D eigenvalue weighted by Gasteiger charge is 2.12. The van der Waals surface area contributed by atoms with Gasteiger partial charge in [-0.25, -0.2) is 9.07 Å². The highest BCUT2D eigenvalue weighted by atomic mass is 32.1. The van der Waals surface area contributed by atoms with E-state index in [-0.39, 0.29) is 29.8 Å². The maximum atomic E-state index is 13.3. The number of ether oxygens (including phenoxy) is 1. The molecule has 0 saturated carbocycles. The number of anilines is 1. The van der Waals surface area contributed by atoms with Crippen molar-refractivity contribution in [3.63, 3.8) is 0 Å². The molecule has 1 amide bonds. The molecule has 3 aromatic rings. The number of benzene rings is 2. The number of aromatic nitrogens is 2. The topological polar surface area (TPSA) is 69.3 Å². The zero-order chi connectivity index (χ0) is 19.4. The van der Waals surface area contributed by atoms with Gasteiger partial charge in [-0.2, -0.15) is 0 Å². The average molecular weight is 387 g/mol. The average Bonchev–Trinajstić information content (AvgIpc) is 2.97. The van der Waals surface area contributed by atoms with Gasteiger partial charge in [0.2, 0.25) is 5.91 Å². The quantitative estimate of drug-likeness (QED) is 0.643. The zero-order valence-corrected chi connectivity index (χ0v) is 15.7. The molecule has 2 aromatic carbocycles. The number of carbonyl (C=O) groups excluding carboxylic acids is 1. The zero-order valence-electron chi connectivity index (χ0n) is 14.9. The lowest BCUT2D eigenvalue weighted by Crippen LogP contribution is -2.20. The van der Waals surface area contributed by atoms with Gasteiger partial charge in [0, 0.05) is 5.69 Å². The molecule has 0 aliphatic carbocycles. The molecule has 0 atom stereocenters. The van der Waals surface area contributed by atoms with Crippen LogP contribution < -0.4 is 10.1 Å². The highest BCUT2D eigenvalue weighted by Crippen LogP contribution is 2.18. The molecule has 8 heteroatoms. The number of para-hydroxylation sites is 1. The Balaban J connectivity index is 1.64. The first-order chi connectivity index (χ1) is 12.9. The van der Waals surface area contributed by atoms with Crippen LogP contribution in [0.25, 0.3) is 0 Å². The van der Waals surface area contributed by atoms with E-state index in [2.05, 4.69) is 10.4 Å². The first kappa shape index (κ1) is 18.8. The fourth-order valence-corrected chi connectivity index (χ4v) is 2.62. The van der Waals surface area contributed by atoms with Gasteiger partial charge in [0.05, 0.1) is 0 Å². The van der Waals surface area contributed by atoms with E-state index >= 15 is 0 Å². The number of aryl methyl sites for hydroxylation is 2. The Hall–Kier alpha value is -3.00. The summed E-state index contributed by atoms with van der Waals surface area (Å²) in [6.45, 7) is 3.65. The Morgan fingerprint density at radius 2 is 2.04 bits per heavy atom. The molecule has 140 valence electrons. The molecule has 0 fully saturated rings. The number of rotatable bonds is 6. The molecule has 0 saturated heterocycles. The number of hydrogen-bond acceptors (Lipinski definition) is 5. The molecular formula is C19H18FN3O3S. The van der Waals surface area contributed by atoms with Crippen LogP contribution in [0.5, 0.6) is 5.75 Å². The summed E-state index contributed by atoms with van der Waals surface area (Å²) in [5, 5.41) is 6.80. The van der Waals surface area contributed by atoms with Crippen molar-refractivity contribution in [2.24, 2.45) is 0 Å². The number of halogens is 1. The van der Waals surface area contributed by atoms with Gasteiger partial charge in [-0.15, -0.1) is 5.10 Å². The number of hydrogen-bond donors (Lipinski definition) is 1. The standard InChI is InChI=1S/C19H18FN3O3S/c1-12-7-8-14(20)9-15(12)21-17(24)10-23-19(27)26-18(22-23)11-25-16-6-4-3-5-13(16)2/h3-9H,10-11H2,1-2H3,(H,21,24). The predicted molar refractivity (Wildman–Crippen MR) is 101 cm³/mol. The summed E-state index contributed by atoms with van der Waals surface area (Å²) in [6, 6.07) is 11.7.